The summed E-state index contributed by atoms with van der Waals surface area (Å²) >= 11 is 5.84. The number of carbonyl (C=O) groups excluding carboxylic acids is 2. The molecule has 1 aromatic carbocycles. The van der Waals surface area contributed by atoms with Gasteiger partial charge in [-0.3, -0.25) is 5.32 Å². The second kappa shape index (κ2) is 9.12. The van der Waals surface area contributed by atoms with Gasteiger partial charge in [-0.15, -0.1) is 0 Å². The minimum atomic E-state index is -1.22. The van der Waals surface area contributed by atoms with Gasteiger partial charge in [-0.05, 0) is 32.4 Å². The number of hydrogen-bond donors (Lipinski definition) is 1. The Bertz CT molecular complexity index is 648. The zero-order chi connectivity index (χ0) is 18.3. The fourth-order valence-corrected chi connectivity index (χ4v) is 1.93. The summed E-state index contributed by atoms with van der Waals surface area (Å²) in [7, 11) is 1.17. The number of benzene rings is 1. The van der Waals surface area contributed by atoms with E-state index in [0.29, 0.717) is 12.2 Å². The number of esters is 1. The van der Waals surface area contributed by atoms with Crippen molar-refractivity contribution in [2.45, 2.75) is 26.9 Å². The van der Waals surface area contributed by atoms with E-state index in [1.165, 1.54) is 13.2 Å². The monoisotopic (exact) mass is 359 g/mol. The summed E-state index contributed by atoms with van der Waals surface area (Å²) in [5.74, 6) is -1.30. The van der Waals surface area contributed by atoms with Crippen LogP contribution in [0.4, 0.5) is 14.9 Å². The predicted octanol–water partition coefficient (Wildman–Crippen LogP) is 3.93. The topological polar surface area (TPSA) is 73.9 Å². The lowest BCUT2D eigenvalue weighted by molar-refractivity contribution is -0.148. The second-order valence-corrected chi connectivity index (χ2v) is 5.07. The fourth-order valence-electron chi connectivity index (χ4n) is 1.72. The van der Waals surface area contributed by atoms with Gasteiger partial charge in [-0.25, -0.2) is 14.0 Å². The van der Waals surface area contributed by atoms with Gasteiger partial charge in [0.1, 0.15) is 11.6 Å². The number of hydrogen-bond acceptors (Lipinski definition) is 5. The standard InChI is InChI=1S/C16H19ClFNO5/c1-5-9(3)14(15(20)22-4)24-16(21)19-12-8-13(23-6-2)10(17)7-11(12)18/h5,7-8,14H,6H2,1-4H3,(H,19,21). The Balaban J connectivity index is 2.94. The van der Waals surface area contributed by atoms with E-state index in [-0.39, 0.29) is 16.5 Å². The molecule has 0 spiro atoms. The van der Waals surface area contributed by atoms with Crippen LogP contribution in [0.25, 0.3) is 0 Å². The Kier molecular flexibility index (Phi) is 7.51. The van der Waals surface area contributed by atoms with Crippen molar-refractivity contribution < 1.29 is 28.2 Å². The summed E-state index contributed by atoms with van der Waals surface area (Å²) in [6.07, 6.45) is -0.637. The highest BCUT2D eigenvalue weighted by molar-refractivity contribution is 6.32. The van der Waals surface area contributed by atoms with Crippen molar-refractivity contribution in [3.8, 4) is 5.75 Å². The quantitative estimate of drug-likeness (QED) is 0.615. The van der Waals surface area contributed by atoms with E-state index < -0.39 is 24.0 Å². The van der Waals surface area contributed by atoms with Crippen molar-refractivity contribution in [3.63, 3.8) is 0 Å². The van der Waals surface area contributed by atoms with E-state index in [9.17, 15) is 14.0 Å². The van der Waals surface area contributed by atoms with Gasteiger partial charge in [-0.1, -0.05) is 17.7 Å². The van der Waals surface area contributed by atoms with Gasteiger partial charge in [0.15, 0.2) is 0 Å². The van der Waals surface area contributed by atoms with Crippen LogP contribution in [0.15, 0.2) is 23.8 Å². The molecule has 6 nitrogen and oxygen atoms in total. The van der Waals surface area contributed by atoms with Crippen LogP contribution in [0.2, 0.25) is 5.02 Å². The molecule has 0 saturated carbocycles. The summed E-state index contributed by atoms with van der Waals surface area (Å²) in [5, 5.41) is 2.29. The summed E-state index contributed by atoms with van der Waals surface area (Å²) in [6.45, 7) is 5.34. The Labute approximate surface area is 144 Å². The summed E-state index contributed by atoms with van der Waals surface area (Å²) in [6, 6.07) is 2.25. The molecule has 0 aliphatic heterocycles. The zero-order valence-electron chi connectivity index (χ0n) is 13.8. The van der Waals surface area contributed by atoms with Crippen LogP contribution in [-0.2, 0) is 14.3 Å². The van der Waals surface area contributed by atoms with Crippen molar-refractivity contribution in [1.29, 1.82) is 0 Å². The van der Waals surface area contributed by atoms with Crippen LogP contribution in [0.5, 0.6) is 5.75 Å². The molecule has 1 atom stereocenters. The molecule has 0 aliphatic rings. The Morgan fingerprint density at radius 1 is 1.42 bits per heavy atom. The first-order chi connectivity index (χ1) is 11.3. The van der Waals surface area contributed by atoms with Crippen molar-refractivity contribution in [2.75, 3.05) is 19.0 Å². The number of rotatable bonds is 6. The Morgan fingerprint density at radius 3 is 2.62 bits per heavy atom. The molecular weight excluding hydrogens is 341 g/mol. The molecule has 0 aromatic heterocycles. The molecule has 0 fully saturated rings. The normalized spacial score (nSPS) is 12.3. The third-order valence-electron chi connectivity index (χ3n) is 3.07. The molecule has 0 aliphatic carbocycles. The van der Waals surface area contributed by atoms with Crippen molar-refractivity contribution in [3.05, 3.63) is 34.6 Å². The Morgan fingerprint density at radius 2 is 2.08 bits per heavy atom. The first-order valence-electron chi connectivity index (χ1n) is 7.14. The predicted molar refractivity (Wildman–Crippen MR) is 87.9 cm³/mol. The average molecular weight is 360 g/mol. The second-order valence-electron chi connectivity index (χ2n) is 4.66. The average Bonchev–Trinajstić information content (AvgIpc) is 2.55. The summed E-state index contributed by atoms with van der Waals surface area (Å²) < 4.78 is 28.7. The van der Waals surface area contributed by atoms with Crippen LogP contribution in [0, 0.1) is 5.82 Å². The van der Waals surface area contributed by atoms with Gasteiger partial charge in [0.2, 0.25) is 6.10 Å². The van der Waals surface area contributed by atoms with Crippen molar-refractivity contribution >= 4 is 29.4 Å². The first-order valence-corrected chi connectivity index (χ1v) is 7.51. The number of carbonyl (C=O) groups is 2. The van der Waals surface area contributed by atoms with E-state index >= 15 is 0 Å². The number of nitrogens with one attached hydrogen (secondary N) is 1. The lowest BCUT2D eigenvalue weighted by Gasteiger charge is -2.17. The highest BCUT2D eigenvalue weighted by Gasteiger charge is 2.26. The maximum Gasteiger partial charge on any atom is 0.412 e. The SMILES string of the molecule is CC=C(C)C(OC(=O)Nc1cc(OCC)c(Cl)cc1F)C(=O)OC. The van der Waals surface area contributed by atoms with Crippen molar-refractivity contribution in [1.82, 2.24) is 0 Å². The number of halogens is 2. The van der Waals surface area contributed by atoms with Crippen molar-refractivity contribution in [2.24, 2.45) is 0 Å². The highest BCUT2D eigenvalue weighted by atomic mass is 35.5. The molecule has 8 heteroatoms. The lowest BCUT2D eigenvalue weighted by Crippen LogP contribution is -2.31. The van der Waals surface area contributed by atoms with Gasteiger partial charge in [0, 0.05) is 6.07 Å². The van der Waals surface area contributed by atoms with E-state index in [0.717, 1.165) is 6.07 Å². The van der Waals surface area contributed by atoms with Gasteiger partial charge in [-0.2, -0.15) is 0 Å². The molecule has 0 saturated heterocycles. The zero-order valence-corrected chi connectivity index (χ0v) is 14.6. The Hall–Kier alpha value is -2.28. The number of ether oxygens (including phenoxy) is 3. The molecule has 0 bridgehead atoms. The minimum Gasteiger partial charge on any atom is -0.492 e. The van der Waals surface area contributed by atoms with E-state index in [4.69, 9.17) is 21.1 Å². The van der Waals surface area contributed by atoms with Crippen LogP contribution in [0.3, 0.4) is 0 Å². The molecular formula is C16H19ClFNO5. The minimum absolute atomic E-state index is 0.0745. The maximum absolute atomic E-state index is 13.9. The fraction of sp³-hybridized carbons (Fsp3) is 0.375. The van der Waals surface area contributed by atoms with Gasteiger partial charge in [0.25, 0.3) is 0 Å². The molecule has 132 valence electrons. The van der Waals surface area contributed by atoms with E-state index in [1.54, 1.807) is 26.8 Å². The molecule has 1 rings (SSSR count). The smallest absolute Gasteiger partial charge is 0.412 e. The molecule has 1 unspecified atom stereocenters. The highest BCUT2D eigenvalue weighted by Crippen LogP contribution is 2.30. The molecule has 1 aromatic rings. The molecule has 24 heavy (non-hydrogen) atoms. The number of anilines is 1. The molecule has 0 radical (unpaired) electrons. The van der Waals surface area contributed by atoms with Crippen LogP contribution < -0.4 is 10.1 Å². The van der Waals surface area contributed by atoms with Gasteiger partial charge < -0.3 is 14.2 Å². The van der Waals surface area contributed by atoms with Gasteiger partial charge >= 0.3 is 12.1 Å². The number of allylic oxidation sites excluding steroid dienone is 1. The molecule has 0 heterocycles. The van der Waals surface area contributed by atoms with Crippen LogP contribution in [-0.4, -0.2) is 31.9 Å². The third-order valence-corrected chi connectivity index (χ3v) is 3.36. The molecule has 1 amide bonds. The van der Waals surface area contributed by atoms with Crippen LogP contribution in [0.1, 0.15) is 20.8 Å². The van der Waals surface area contributed by atoms with E-state index in [1.807, 2.05) is 0 Å². The third kappa shape index (κ3) is 5.13. The maximum atomic E-state index is 13.9. The summed E-state index contributed by atoms with van der Waals surface area (Å²) in [5.41, 5.74) is 0.290. The lowest BCUT2D eigenvalue weighted by atomic mass is 10.1. The number of amides is 1. The van der Waals surface area contributed by atoms with Crippen LogP contribution >= 0.6 is 11.6 Å². The number of methoxy groups -OCH3 is 1. The largest absolute Gasteiger partial charge is 0.492 e. The summed E-state index contributed by atoms with van der Waals surface area (Å²) in [4.78, 5) is 23.6. The van der Waals surface area contributed by atoms with Gasteiger partial charge in [0.05, 0.1) is 24.4 Å². The first kappa shape index (κ1) is 19.8. The molecule has 1 N–H and O–H groups in total. The van der Waals surface area contributed by atoms with E-state index in [2.05, 4.69) is 10.1 Å².